The maximum Gasteiger partial charge on any atom is 0.325 e. The number of carbonyl (C=O) groups is 1. The molecule has 2 aromatic carbocycles. The van der Waals surface area contributed by atoms with Crippen LogP contribution in [0.2, 0.25) is 0 Å². The van der Waals surface area contributed by atoms with Crippen LogP contribution in [0.5, 0.6) is 0 Å². The maximum absolute atomic E-state index is 13.8. The monoisotopic (exact) mass is 394 g/mol. The summed E-state index contributed by atoms with van der Waals surface area (Å²) in [6.07, 6.45) is 4.39. The van der Waals surface area contributed by atoms with Gasteiger partial charge in [0, 0.05) is 25.7 Å². The van der Waals surface area contributed by atoms with Gasteiger partial charge < -0.3 is 15.5 Å². The predicted octanol–water partition coefficient (Wildman–Crippen LogP) is 4.51. The number of nitrogen functional groups attached to an aromatic ring is 1. The lowest BCUT2D eigenvalue weighted by atomic mass is 10.1. The van der Waals surface area contributed by atoms with Crippen molar-refractivity contribution in [2.24, 2.45) is 0 Å². The summed E-state index contributed by atoms with van der Waals surface area (Å²) >= 11 is 0. The van der Waals surface area contributed by atoms with Crippen molar-refractivity contribution in [2.45, 2.75) is 45.2 Å². The van der Waals surface area contributed by atoms with Crippen molar-refractivity contribution in [2.75, 3.05) is 37.8 Å². The van der Waals surface area contributed by atoms with Crippen molar-refractivity contribution in [1.82, 2.24) is 9.80 Å². The third-order valence-electron chi connectivity index (χ3n) is 5.67. The topological polar surface area (TPSA) is 52.8 Å². The van der Waals surface area contributed by atoms with Gasteiger partial charge in [0.25, 0.3) is 0 Å². The highest BCUT2D eigenvalue weighted by molar-refractivity contribution is 5.95. The Morgan fingerprint density at radius 3 is 2.28 bits per heavy atom. The summed E-state index contributed by atoms with van der Waals surface area (Å²) in [5, 5.41) is 0. The van der Waals surface area contributed by atoms with Crippen LogP contribution < -0.4 is 10.6 Å². The minimum atomic E-state index is 0.0530. The van der Waals surface area contributed by atoms with Crippen LogP contribution in [-0.4, -0.2) is 49.1 Å². The van der Waals surface area contributed by atoms with Crippen LogP contribution in [0.1, 0.15) is 36.8 Å². The number of hydrogen-bond acceptors (Lipinski definition) is 3. The molecule has 2 N–H and O–H groups in total. The highest BCUT2D eigenvalue weighted by Gasteiger charge is 2.32. The van der Waals surface area contributed by atoms with E-state index in [2.05, 4.69) is 36.1 Å². The quantitative estimate of drug-likeness (QED) is 0.703. The van der Waals surface area contributed by atoms with Crippen molar-refractivity contribution in [3.8, 4) is 0 Å². The van der Waals surface area contributed by atoms with E-state index in [1.54, 1.807) is 0 Å². The highest BCUT2D eigenvalue weighted by Crippen LogP contribution is 2.33. The van der Waals surface area contributed by atoms with Gasteiger partial charge in [-0.15, -0.1) is 0 Å². The number of para-hydroxylation sites is 2. The van der Waals surface area contributed by atoms with Crippen molar-refractivity contribution in [1.29, 1.82) is 0 Å². The van der Waals surface area contributed by atoms with Gasteiger partial charge >= 0.3 is 6.03 Å². The van der Waals surface area contributed by atoms with Gasteiger partial charge in [-0.3, -0.25) is 4.90 Å². The molecular weight excluding hydrogens is 360 g/mol. The van der Waals surface area contributed by atoms with E-state index in [1.807, 2.05) is 48.2 Å². The van der Waals surface area contributed by atoms with Crippen molar-refractivity contribution >= 4 is 17.4 Å². The Bertz CT molecular complexity index is 797. The number of benzene rings is 2. The molecule has 156 valence electrons. The molecule has 0 atom stereocenters. The fourth-order valence-corrected chi connectivity index (χ4v) is 3.95. The molecule has 0 saturated heterocycles. The fourth-order valence-electron chi connectivity index (χ4n) is 3.95. The van der Waals surface area contributed by atoms with Crippen molar-refractivity contribution < 1.29 is 4.79 Å². The number of aryl methyl sites for hydroxylation is 1. The average Bonchev–Trinajstić information content (AvgIpc) is 3.22. The molecule has 29 heavy (non-hydrogen) atoms. The number of carbonyl (C=O) groups excluding carboxylic acids is 1. The van der Waals surface area contributed by atoms with E-state index < -0.39 is 0 Å². The van der Waals surface area contributed by atoms with Crippen molar-refractivity contribution in [3.63, 3.8) is 0 Å². The molecule has 2 aromatic rings. The molecule has 1 aliphatic carbocycles. The van der Waals surface area contributed by atoms with Crippen LogP contribution in [-0.2, 0) is 6.54 Å². The molecule has 2 amide bonds. The third-order valence-corrected chi connectivity index (χ3v) is 5.67. The molecule has 5 heteroatoms. The maximum atomic E-state index is 13.8. The Morgan fingerprint density at radius 1 is 1.00 bits per heavy atom. The second-order valence-electron chi connectivity index (χ2n) is 8.36. The zero-order valence-electron chi connectivity index (χ0n) is 18.0. The van der Waals surface area contributed by atoms with Crippen LogP contribution in [0.25, 0.3) is 0 Å². The molecule has 0 bridgehead atoms. The number of rotatable bonds is 7. The van der Waals surface area contributed by atoms with Gasteiger partial charge in [0.1, 0.15) is 0 Å². The van der Waals surface area contributed by atoms with Gasteiger partial charge in [0.2, 0.25) is 0 Å². The Labute approximate surface area is 175 Å². The summed E-state index contributed by atoms with van der Waals surface area (Å²) in [5.74, 6) is 0. The van der Waals surface area contributed by atoms with Gasteiger partial charge in [-0.25, -0.2) is 4.79 Å². The van der Waals surface area contributed by atoms with E-state index >= 15 is 0 Å². The summed E-state index contributed by atoms with van der Waals surface area (Å²) in [6, 6.07) is 16.4. The van der Waals surface area contributed by atoms with E-state index in [-0.39, 0.29) is 12.1 Å². The molecule has 0 radical (unpaired) electrons. The fraction of sp³-hybridized carbons (Fsp3) is 0.458. The Hall–Kier alpha value is -2.53. The first kappa shape index (κ1) is 21.2. The van der Waals surface area contributed by atoms with E-state index in [0.29, 0.717) is 18.8 Å². The zero-order valence-corrected chi connectivity index (χ0v) is 18.0. The van der Waals surface area contributed by atoms with E-state index in [9.17, 15) is 4.79 Å². The van der Waals surface area contributed by atoms with Crippen LogP contribution in [0, 0.1) is 6.92 Å². The van der Waals surface area contributed by atoms with Gasteiger partial charge in [-0.2, -0.15) is 0 Å². The minimum absolute atomic E-state index is 0.0530. The summed E-state index contributed by atoms with van der Waals surface area (Å²) in [5.41, 5.74) is 10.2. The molecule has 1 aliphatic rings. The van der Waals surface area contributed by atoms with Gasteiger partial charge in [-0.05, 0) is 51.6 Å². The Kier molecular flexibility index (Phi) is 7.15. The first-order chi connectivity index (χ1) is 14.0. The summed E-state index contributed by atoms with van der Waals surface area (Å²) in [6.45, 7) is 4.18. The molecular formula is C24H34N4O. The zero-order chi connectivity index (χ0) is 20.8. The third kappa shape index (κ3) is 5.51. The lowest BCUT2D eigenvalue weighted by Crippen LogP contribution is -2.49. The summed E-state index contributed by atoms with van der Waals surface area (Å²) in [4.78, 5) is 19.9. The molecule has 0 spiro atoms. The van der Waals surface area contributed by atoms with E-state index in [1.165, 1.54) is 5.56 Å². The first-order valence-electron chi connectivity index (χ1n) is 10.6. The second kappa shape index (κ2) is 9.79. The largest absolute Gasteiger partial charge is 0.397 e. The molecule has 5 nitrogen and oxygen atoms in total. The van der Waals surface area contributed by atoms with Crippen LogP contribution in [0.3, 0.4) is 0 Å². The highest BCUT2D eigenvalue weighted by atomic mass is 16.2. The van der Waals surface area contributed by atoms with Gasteiger partial charge in [0.15, 0.2) is 0 Å². The molecule has 1 saturated carbocycles. The molecule has 3 rings (SSSR count). The normalized spacial score (nSPS) is 14.3. The standard InChI is InChI=1S/C24H34N4O/c1-19-12-14-20(15-13-19)18-27(17-16-26(2)3)24(29)28(21-8-4-5-9-21)23-11-7-6-10-22(23)25/h6-7,10-15,21H,4-5,8-9,16-18,25H2,1-3H3. The second-order valence-corrected chi connectivity index (χ2v) is 8.36. The number of hydrogen-bond donors (Lipinski definition) is 1. The minimum Gasteiger partial charge on any atom is -0.397 e. The Balaban J connectivity index is 1.90. The van der Waals surface area contributed by atoms with Crippen molar-refractivity contribution in [3.05, 3.63) is 59.7 Å². The van der Waals surface area contributed by atoms with E-state index in [4.69, 9.17) is 5.73 Å². The smallest absolute Gasteiger partial charge is 0.325 e. The Morgan fingerprint density at radius 2 is 1.66 bits per heavy atom. The van der Waals surface area contributed by atoms with Crippen LogP contribution in [0.4, 0.5) is 16.2 Å². The number of nitrogens with zero attached hydrogens (tertiary/aromatic N) is 3. The molecule has 0 aromatic heterocycles. The van der Waals surface area contributed by atoms with E-state index in [0.717, 1.165) is 43.5 Å². The van der Waals surface area contributed by atoms with Gasteiger partial charge in [-0.1, -0.05) is 54.8 Å². The number of likely N-dealkylation sites (N-methyl/N-ethyl adjacent to an activating group) is 1. The number of amides is 2. The molecule has 0 aliphatic heterocycles. The average molecular weight is 395 g/mol. The predicted molar refractivity (Wildman–Crippen MR) is 121 cm³/mol. The summed E-state index contributed by atoms with van der Waals surface area (Å²) in [7, 11) is 4.08. The lowest BCUT2D eigenvalue weighted by molar-refractivity contribution is 0.193. The number of nitrogens with two attached hydrogens (primary N) is 1. The molecule has 0 heterocycles. The van der Waals surface area contributed by atoms with Crippen LogP contribution >= 0.6 is 0 Å². The molecule has 0 unspecified atom stereocenters. The van der Waals surface area contributed by atoms with Gasteiger partial charge in [0.05, 0.1) is 11.4 Å². The molecule has 1 fully saturated rings. The SMILES string of the molecule is Cc1ccc(CN(CCN(C)C)C(=O)N(c2ccccc2N)C2CCCC2)cc1. The number of urea groups is 1. The number of anilines is 2. The van der Waals surface area contributed by atoms with Crippen LogP contribution in [0.15, 0.2) is 48.5 Å². The summed E-state index contributed by atoms with van der Waals surface area (Å²) < 4.78 is 0. The lowest BCUT2D eigenvalue weighted by Gasteiger charge is -2.36. The first-order valence-corrected chi connectivity index (χ1v) is 10.6.